The van der Waals surface area contributed by atoms with Crippen LogP contribution in [0.2, 0.25) is 0 Å². The molecule has 96 valence electrons. The Morgan fingerprint density at radius 3 is 2.42 bits per heavy atom. The molecule has 2 aromatic rings. The highest BCUT2D eigenvalue weighted by molar-refractivity contribution is 7.98. The lowest BCUT2D eigenvalue weighted by molar-refractivity contribution is -0.111. The SMILES string of the molecule is C=CC(=O)Nc1ccc(CSc2ccccc2)cc1. The predicted octanol–water partition coefficient (Wildman–Crippen LogP) is 4.10. The molecular weight excluding hydrogens is 254 g/mol. The molecule has 2 nitrogen and oxygen atoms in total. The molecule has 0 aliphatic rings. The van der Waals surface area contributed by atoms with E-state index < -0.39 is 0 Å². The summed E-state index contributed by atoms with van der Waals surface area (Å²) in [5, 5.41) is 2.73. The van der Waals surface area contributed by atoms with E-state index in [9.17, 15) is 4.79 Å². The Labute approximate surface area is 117 Å². The fourth-order valence-corrected chi connectivity index (χ4v) is 2.44. The number of carbonyl (C=O) groups excluding carboxylic acids is 1. The molecule has 0 unspecified atom stereocenters. The molecule has 0 aliphatic heterocycles. The van der Waals surface area contributed by atoms with Gasteiger partial charge in [0.25, 0.3) is 0 Å². The van der Waals surface area contributed by atoms with E-state index in [4.69, 9.17) is 0 Å². The summed E-state index contributed by atoms with van der Waals surface area (Å²) in [6, 6.07) is 18.1. The lowest BCUT2D eigenvalue weighted by atomic mass is 10.2. The third-order valence-electron chi connectivity index (χ3n) is 2.56. The zero-order valence-corrected chi connectivity index (χ0v) is 11.3. The van der Waals surface area contributed by atoms with Gasteiger partial charge in [0.15, 0.2) is 0 Å². The first kappa shape index (κ1) is 13.4. The van der Waals surface area contributed by atoms with Gasteiger partial charge in [0, 0.05) is 16.3 Å². The van der Waals surface area contributed by atoms with Gasteiger partial charge in [0.1, 0.15) is 0 Å². The highest BCUT2D eigenvalue weighted by Gasteiger charge is 1.99. The van der Waals surface area contributed by atoms with Crippen molar-refractivity contribution < 1.29 is 4.79 Å². The highest BCUT2D eigenvalue weighted by atomic mass is 32.2. The molecule has 0 aliphatic carbocycles. The van der Waals surface area contributed by atoms with E-state index in [-0.39, 0.29) is 5.91 Å². The molecule has 0 saturated heterocycles. The molecule has 2 aromatic carbocycles. The average Bonchev–Trinajstić information content (AvgIpc) is 2.47. The normalized spacial score (nSPS) is 9.89. The summed E-state index contributed by atoms with van der Waals surface area (Å²) >= 11 is 1.79. The third kappa shape index (κ3) is 4.30. The molecule has 2 rings (SSSR count). The van der Waals surface area contributed by atoms with E-state index in [0.717, 1.165) is 11.4 Å². The van der Waals surface area contributed by atoms with Crippen molar-refractivity contribution in [2.45, 2.75) is 10.6 Å². The highest BCUT2D eigenvalue weighted by Crippen LogP contribution is 2.22. The molecule has 19 heavy (non-hydrogen) atoms. The fourth-order valence-electron chi connectivity index (χ4n) is 1.56. The van der Waals surface area contributed by atoms with Gasteiger partial charge in [-0.1, -0.05) is 36.9 Å². The van der Waals surface area contributed by atoms with E-state index in [1.54, 1.807) is 11.8 Å². The summed E-state index contributed by atoms with van der Waals surface area (Å²) in [7, 11) is 0. The van der Waals surface area contributed by atoms with Crippen molar-refractivity contribution in [3.05, 3.63) is 72.8 Å². The monoisotopic (exact) mass is 269 g/mol. The third-order valence-corrected chi connectivity index (χ3v) is 3.64. The van der Waals surface area contributed by atoms with Gasteiger partial charge >= 0.3 is 0 Å². The van der Waals surface area contributed by atoms with Crippen LogP contribution in [0.15, 0.2) is 72.1 Å². The van der Waals surface area contributed by atoms with Crippen LogP contribution in [0.5, 0.6) is 0 Å². The molecular formula is C16H15NOS. The number of nitrogens with one attached hydrogen (secondary N) is 1. The molecule has 0 fully saturated rings. The first-order valence-electron chi connectivity index (χ1n) is 5.98. The maximum Gasteiger partial charge on any atom is 0.247 e. The van der Waals surface area contributed by atoms with Crippen molar-refractivity contribution in [2.75, 3.05) is 5.32 Å². The van der Waals surface area contributed by atoms with Crippen LogP contribution in [-0.4, -0.2) is 5.91 Å². The van der Waals surface area contributed by atoms with Crippen LogP contribution in [0.3, 0.4) is 0 Å². The minimum Gasteiger partial charge on any atom is -0.323 e. The fraction of sp³-hybridized carbons (Fsp3) is 0.0625. The summed E-state index contributed by atoms with van der Waals surface area (Å²) in [5.74, 6) is 0.728. The van der Waals surface area contributed by atoms with Gasteiger partial charge in [-0.2, -0.15) is 0 Å². The Bertz CT molecular complexity index is 549. The van der Waals surface area contributed by atoms with Crippen LogP contribution in [0, 0.1) is 0 Å². The molecule has 0 aromatic heterocycles. The van der Waals surface area contributed by atoms with Crippen molar-refractivity contribution >= 4 is 23.4 Å². The topological polar surface area (TPSA) is 29.1 Å². The van der Waals surface area contributed by atoms with Crippen LogP contribution < -0.4 is 5.32 Å². The Morgan fingerprint density at radius 1 is 1.11 bits per heavy atom. The maximum absolute atomic E-state index is 11.1. The molecule has 0 heterocycles. The van der Waals surface area contributed by atoms with Crippen LogP contribution in [0.1, 0.15) is 5.56 Å². The molecule has 0 atom stereocenters. The van der Waals surface area contributed by atoms with Gasteiger partial charge in [0.05, 0.1) is 0 Å². The van der Waals surface area contributed by atoms with Gasteiger partial charge in [-0.05, 0) is 35.9 Å². The standard InChI is InChI=1S/C16H15NOS/c1-2-16(18)17-14-10-8-13(9-11-14)12-19-15-6-4-3-5-7-15/h2-11H,1,12H2,(H,17,18). The number of amides is 1. The first-order valence-corrected chi connectivity index (χ1v) is 6.97. The molecule has 0 saturated carbocycles. The van der Waals surface area contributed by atoms with Crippen LogP contribution in [0.25, 0.3) is 0 Å². The number of thioether (sulfide) groups is 1. The predicted molar refractivity (Wildman–Crippen MR) is 81.3 cm³/mol. The first-order chi connectivity index (χ1) is 9.28. The molecule has 0 bridgehead atoms. The number of rotatable bonds is 5. The van der Waals surface area contributed by atoms with Crippen LogP contribution in [0.4, 0.5) is 5.69 Å². The minimum atomic E-state index is -0.189. The number of carbonyl (C=O) groups is 1. The molecule has 1 N–H and O–H groups in total. The maximum atomic E-state index is 11.1. The summed E-state index contributed by atoms with van der Waals surface area (Å²) in [6.45, 7) is 3.42. The Balaban J connectivity index is 1.92. The molecule has 3 heteroatoms. The smallest absolute Gasteiger partial charge is 0.247 e. The van der Waals surface area contributed by atoms with Crippen molar-refractivity contribution in [2.24, 2.45) is 0 Å². The van der Waals surface area contributed by atoms with E-state index in [0.29, 0.717) is 0 Å². The lowest BCUT2D eigenvalue weighted by Gasteiger charge is -2.05. The van der Waals surface area contributed by atoms with Gasteiger partial charge in [-0.15, -0.1) is 11.8 Å². The van der Waals surface area contributed by atoms with E-state index >= 15 is 0 Å². The summed E-state index contributed by atoms with van der Waals surface area (Å²) in [4.78, 5) is 12.4. The van der Waals surface area contributed by atoms with E-state index in [2.05, 4.69) is 24.0 Å². The van der Waals surface area contributed by atoms with Gasteiger partial charge in [-0.25, -0.2) is 0 Å². The molecule has 1 amide bonds. The van der Waals surface area contributed by atoms with Gasteiger partial charge < -0.3 is 5.32 Å². The quantitative estimate of drug-likeness (QED) is 0.654. The summed E-state index contributed by atoms with van der Waals surface area (Å²) in [5.41, 5.74) is 2.02. The number of hydrogen-bond acceptors (Lipinski definition) is 2. The average molecular weight is 269 g/mol. The molecule has 0 spiro atoms. The Morgan fingerprint density at radius 2 is 1.79 bits per heavy atom. The second-order valence-corrected chi connectivity index (χ2v) is 5.04. The summed E-state index contributed by atoms with van der Waals surface area (Å²) < 4.78 is 0. The van der Waals surface area contributed by atoms with Gasteiger partial charge in [-0.3, -0.25) is 4.79 Å². The van der Waals surface area contributed by atoms with E-state index in [1.807, 2.05) is 42.5 Å². The number of anilines is 1. The largest absolute Gasteiger partial charge is 0.323 e. The lowest BCUT2D eigenvalue weighted by Crippen LogP contribution is -2.06. The second kappa shape index (κ2) is 6.81. The van der Waals surface area contributed by atoms with Crippen molar-refractivity contribution in [3.8, 4) is 0 Å². The van der Waals surface area contributed by atoms with Crippen LogP contribution in [-0.2, 0) is 10.5 Å². The number of benzene rings is 2. The van der Waals surface area contributed by atoms with Gasteiger partial charge in [0.2, 0.25) is 5.91 Å². The van der Waals surface area contributed by atoms with Crippen molar-refractivity contribution in [1.29, 1.82) is 0 Å². The van der Waals surface area contributed by atoms with Crippen molar-refractivity contribution in [1.82, 2.24) is 0 Å². The van der Waals surface area contributed by atoms with Crippen LogP contribution >= 0.6 is 11.8 Å². The minimum absolute atomic E-state index is 0.189. The number of hydrogen-bond donors (Lipinski definition) is 1. The van der Waals surface area contributed by atoms with E-state index in [1.165, 1.54) is 16.5 Å². The zero-order chi connectivity index (χ0) is 13.5. The van der Waals surface area contributed by atoms with Crippen molar-refractivity contribution in [3.63, 3.8) is 0 Å². The Hall–Kier alpha value is -2.00. The second-order valence-electron chi connectivity index (χ2n) is 3.99. The zero-order valence-electron chi connectivity index (χ0n) is 10.5. The summed E-state index contributed by atoms with van der Waals surface area (Å²) in [6.07, 6.45) is 1.26. The Kier molecular flexibility index (Phi) is 4.81. The molecule has 0 radical (unpaired) electrons.